The molecule has 0 radical (unpaired) electrons. The molecule has 3 rings (SSSR count). The van der Waals surface area contributed by atoms with Crippen LogP contribution < -0.4 is 5.32 Å². The summed E-state index contributed by atoms with van der Waals surface area (Å²) in [6.07, 6.45) is 0.833. The second kappa shape index (κ2) is 6.15. The molecule has 2 N–H and O–H groups in total. The summed E-state index contributed by atoms with van der Waals surface area (Å²) in [4.78, 5) is 23.3. The van der Waals surface area contributed by atoms with E-state index in [1.54, 1.807) is 5.38 Å². The van der Waals surface area contributed by atoms with Crippen LogP contribution in [0.15, 0.2) is 29.6 Å². The first-order valence-corrected chi connectivity index (χ1v) is 7.70. The van der Waals surface area contributed by atoms with E-state index in [-0.39, 0.29) is 5.78 Å². The molecule has 1 aromatic carbocycles. The highest BCUT2D eigenvalue weighted by molar-refractivity contribution is 7.09. The third-order valence-corrected chi connectivity index (χ3v) is 4.01. The average Bonchev–Trinajstić information content (AvgIpc) is 3.10. The van der Waals surface area contributed by atoms with Gasteiger partial charge in [-0.15, -0.1) is 11.3 Å². The lowest BCUT2D eigenvalue weighted by molar-refractivity contribution is 0.101. The lowest BCUT2D eigenvalue weighted by atomic mass is 10.3. The van der Waals surface area contributed by atoms with Gasteiger partial charge in [0.2, 0.25) is 0 Å². The smallest absolute Gasteiger partial charge is 0.178 e. The SMILES string of the molecule is CC(=O)c1csc(CNCCc2nc3ccccc3[nH]2)n1. The van der Waals surface area contributed by atoms with Gasteiger partial charge in [-0.1, -0.05) is 12.1 Å². The largest absolute Gasteiger partial charge is 0.342 e. The third-order valence-electron chi connectivity index (χ3n) is 3.17. The molecule has 0 saturated carbocycles. The Bertz CT molecular complexity index is 729. The normalized spacial score (nSPS) is 11.1. The van der Waals surface area contributed by atoms with Crippen LogP contribution in [0.2, 0.25) is 0 Å². The van der Waals surface area contributed by atoms with E-state index in [1.165, 1.54) is 18.3 Å². The van der Waals surface area contributed by atoms with Gasteiger partial charge >= 0.3 is 0 Å². The van der Waals surface area contributed by atoms with Crippen molar-refractivity contribution in [2.24, 2.45) is 0 Å². The highest BCUT2D eigenvalue weighted by atomic mass is 32.1. The number of nitrogens with zero attached hydrogens (tertiary/aromatic N) is 2. The van der Waals surface area contributed by atoms with Gasteiger partial charge in [0.05, 0.1) is 11.0 Å². The highest BCUT2D eigenvalue weighted by Crippen LogP contribution is 2.11. The van der Waals surface area contributed by atoms with E-state index in [1.807, 2.05) is 24.3 Å². The molecular weight excluding hydrogens is 284 g/mol. The second-order valence-corrected chi connectivity index (χ2v) is 5.75. The zero-order valence-electron chi connectivity index (χ0n) is 11.7. The number of aromatic nitrogens is 3. The highest BCUT2D eigenvalue weighted by Gasteiger charge is 2.06. The maximum atomic E-state index is 11.2. The summed E-state index contributed by atoms with van der Waals surface area (Å²) in [7, 11) is 0. The number of thiazole rings is 1. The number of hydrogen-bond acceptors (Lipinski definition) is 5. The Kier molecular flexibility index (Phi) is 4.08. The molecule has 108 valence electrons. The van der Waals surface area contributed by atoms with Crippen molar-refractivity contribution in [2.75, 3.05) is 6.54 Å². The van der Waals surface area contributed by atoms with Crippen molar-refractivity contribution in [2.45, 2.75) is 19.9 Å². The zero-order valence-corrected chi connectivity index (χ0v) is 12.5. The molecule has 0 saturated heterocycles. The number of para-hydroxylation sites is 2. The van der Waals surface area contributed by atoms with Gasteiger partial charge in [0.25, 0.3) is 0 Å². The predicted octanol–water partition coefficient (Wildman–Crippen LogP) is 2.55. The number of nitrogens with one attached hydrogen (secondary N) is 2. The third kappa shape index (κ3) is 3.34. The van der Waals surface area contributed by atoms with Crippen LogP contribution in [-0.2, 0) is 13.0 Å². The van der Waals surface area contributed by atoms with Crippen molar-refractivity contribution in [1.29, 1.82) is 0 Å². The Morgan fingerprint density at radius 3 is 2.95 bits per heavy atom. The molecule has 0 fully saturated rings. The van der Waals surface area contributed by atoms with Crippen LogP contribution in [0.1, 0.15) is 28.2 Å². The maximum absolute atomic E-state index is 11.2. The Labute approximate surface area is 126 Å². The minimum absolute atomic E-state index is 0.0137. The van der Waals surface area contributed by atoms with Crippen LogP contribution in [0, 0.1) is 0 Å². The lowest BCUT2D eigenvalue weighted by Gasteiger charge is -2.00. The molecule has 0 unspecified atom stereocenters. The van der Waals surface area contributed by atoms with E-state index in [0.717, 1.165) is 34.8 Å². The minimum Gasteiger partial charge on any atom is -0.342 e. The fourth-order valence-electron chi connectivity index (χ4n) is 2.08. The first-order valence-electron chi connectivity index (χ1n) is 6.82. The summed E-state index contributed by atoms with van der Waals surface area (Å²) in [6.45, 7) is 3.03. The number of carbonyl (C=O) groups excluding carboxylic acids is 1. The number of aromatic amines is 1. The Morgan fingerprint density at radius 2 is 2.19 bits per heavy atom. The molecule has 0 aliphatic rings. The molecule has 0 bridgehead atoms. The van der Waals surface area contributed by atoms with Gasteiger partial charge in [-0.2, -0.15) is 0 Å². The van der Waals surface area contributed by atoms with E-state index in [9.17, 15) is 4.79 Å². The molecular formula is C15H16N4OS. The molecule has 5 nitrogen and oxygen atoms in total. The molecule has 0 spiro atoms. The van der Waals surface area contributed by atoms with Crippen LogP contribution in [0.25, 0.3) is 11.0 Å². The first-order chi connectivity index (χ1) is 10.2. The van der Waals surface area contributed by atoms with E-state index < -0.39 is 0 Å². The van der Waals surface area contributed by atoms with E-state index in [4.69, 9.17) is 0 Å². The van der Waals surface area contributed by atoms with E-state index in [0.29, 0.717) is 12.2 Å². The topological polar surface area (TPSA) is 70.7 Å². The molecule has 0 atom stereocenters. The molecule has 0 aliphatic heterocycles. The van der Waals surface area contributed by atoms with Gasteiger partial charge in [-0.3, -0.25) is 4.79 Å². The molecule has 0 aliphatic carbocycles. The standard InChI is InChI=1S/C15H16N4OS/c1-10(20)13-9-21-15(19-13)8-16-7-6-14-17-11-4-2-3-5-12(11)18-14/h2-5,9,16H,6-8H2,1H3,(H,17,18). The molecule has 21 heavy (non-hydrogen) atoms. The van der Waals surface area contributed by atoms with Crippen LogP contribution in [0.3, 0.4) is 0 Å². The van der Waals surface area contributed by atoms with E-state index in [2.05, 4.69) is 20.3 Å². The zero-order chi connectivity index (χ0) is 14.7. The number of hydrogen-bond donors (Lipinski definition) is 2. The molecule has 2 aromatic heterocycles. The van der Waals surface area contributed by atoms with Crippen LogP contribution in [0.5, 0.6) is 0 Å². The van der Waals surface area contributed by atoms with Crippen molar-refractivity contribution < 1.29 is 4.79 Å². The van der Waals surface area contributed by atoms with Gasteiger partial charge < -0.3 is 10.3 Å². The number of rotatable bonds is 6. The average molecular weight is 300 g/mol. The molecule has 6 heteroatoms. The van der Waals surface area contributed by atoms with E-state index >= 15 is 0 Å². The number of carbonyl (C=O) groups is 1. The summed E-state index contributed by atoms with van der Waals surface area (Å²) in [5.74, 6) is 0.993. The maximum Gasteiger partial charge on any atom is 0.178 e. The molecule has 2 heterocycles. The Hall–Kier alpha value is -2.05. The van der Waals surface area contributed by atoms with Crippen LogP contribution in [-0.4, -0.2) is 27.3 Å². The predicted molar refractivity (Wildman–Crippen MR) is 83.6 cm³/mol. The quantitative estimate of drug-likeness (QED) is 0.542. The van der Waals surface area contributed by atoms with Crippen LogP contribution in [0.4, 0.5) is 0 Å². The van der Waals surface area contributed by atoms with Crippen molar-refractivity contribution in [3.05, 3.63) is 46.2 Å². The Balaban J connectivity index is 1.50. The van der Waals surface area contributed by atoms with Crippen LogP contribution >= 0.6 is 11.3 Å². The van der Waals surface area contributed by atoms with Crippen molar-refractivity contribution in [3.63, 3.8) is 0 Å². The minimum atomic E-state index is 0.0137. The van der Waals surface area contributed by atoms with Crippen molar-refractivity contribution in [1.82, 2.24) is 20.3 Å². The fourth-order valence-corrected chi connectivity index (χ4v) is 2.88. The summed E-state index contributed by atoms with van der Waals surface area (Å²) in [5, 5.41) is 6.06. The molecule has 3 aromatic rings. The summed E-state index contributed by atoms with van der Waals surface area (Å²) < 4.78 is 0. The number of Topliss-reactive ketones (excluding diaryl/α,β-unsaturated/α-hetero) is 1. The lowest BCUT2D eigenvalue weighted by Crippen LogP contribution is -2.17. The van der Waals surface area contributed by atoms with Gasteiger partial charge in [0.15, 0.2) is 5.78 Å². The molecule has 0 amide bonds. The van der Waals surface area contributed by atoms with Gasteiger partial charge in [0.1, 0.15) is 16.5 Å². The summed E-state index contributed by atoms with van der Waals surface area (Å²) in [6, 6.07) is 8.01. The number of benzene rings is 1. The van der Waals surface area contributed by atoms with Gasteiger partial charge in [0, 0.05) is 31.8 Å². The summed E-state index contributed by atoms with van der Waals surface area (Å²) in [5.41, 5.74) is 2.62. The van der Waals surface area contributed by atoms with Crippen molar-refractivity contribution >= 4 is 28.2 Å². The number of H-pyrrole nitrogens is 1. The van der Waals surface area contributed by atoms with Gasteiger partial charge in [-0.05, 0) is 12.1 Å². The van der Waals surface area contributed by atoms with Crippen molar-refractivity contribution in [3.8, 4) is 0 Å². The number of ketones is 1. The second-order valence-electron chi connectivity index (χ2n) is 4.81. The number of fused-ring (bicyclic) bond motifs is 1. The monoisotopic (exact) mass is 300 g/mol. The van der Waals surface area contributed by atoms with Gasteiger partial charge in [-0.25, -0.2) is 9.97 Å². The fraction of sp³-hybridized carbons (Fsp3) is 0.267. The summed E-state index contributed by atoms with van der Waals surface area (Å²) >= 11 is 1.51. The first kappa shape index (κ1) is 13.9. The Morgan fingerprint density at radius 1 is 1.33 bits per heavy atom. The number of imidazole rings is 1.